The summed E-state index contributed by atoms with van der Waals surface area (Å²) >= 11 is 0. The molecule has 1 rings (SSSR count). The van der Waals surface area contributed by atoms with Crippen molar-refractivity contribution in [3.05, 3.63) is 12.2 Å². The first-order valence-corrected chi connectivity index (χ1v) is 5.91. The van der Waals surface area contributed by atoms with E-state index in [9.17, 15) is 4.79 Å². The smallest absolute Gasteiger partial charge is 0.332 e. The van der Waals surface area contributed by atoms with E-state index in [0.29, 0.717) is 19.1 Å². The van der Waals surface area contributed by atoms with Crippen LogP contribution in [0.4, 0.5) is 0 Å². The molecule has 1 aliphatic carbocycles. The molecule has 4 heteroatoms. The van der Waals surface area contributed by atoms with Gasteiger partial charge in [-0.1, -0.05) is 25.8 Å². The maximum absolute atomic E-state index is 10.7. The highest BCUT2D eigenvalue weighted by Gasteiger charge is 2.22. The van der Waals surface area contributed by atoms with Crippen molar-refractivity contribution in [3.8, 4) is 0 Å². The summed E-state index contributed by atoms with van der Waals surface area (Å²) in [6.07, 6.45) is 5.88. The summed E-state index contributed by atoms with van der Waals surface area (Å²) in [5, 5.41) is 17.8. The summed E-state index contributed by atoms with van der Waals surface area (Å²) in [6.45, 7) is 4.52. The standard InChI is InChI=1S/C12H21NO3/c1-10(12(15)16)9-13(7-8-14)11-5-3-2-4-6-11/h11,14H,1-9H2,(H,15,16). The third-order valence-corrected chi connectivity index (χ3v) is 3.17. The van der Waals surface area contributed by atoms with Crippen LogP contribution in [0.5, 0.6) is 0 Å². The van der Waals surface area contributed by atoms with Gasteiger partial charge < -0.3 is 10.2 Å². The van der Waals surface area contributed by atoms with Crippen molar-refractivity contribution in [2.24, 2.45) is 0 Å². The Bertz CT molecular complexity index is 247. The van der Waals surface area contributed by atoms with Crippen LogP contribution in [-0.2, 0) is 4.79 Å². The molecule has 0 unspecified atom stereocenters. The van der Waals surface area contributed by atoms with Crippen molar-refractivity contribution in [1.82, 2.24) is 4.90 Å². The fraction of sp³-hybridized carbons (Fsp3) is 0.750. The van der Waals surface area contributed by atoms with Crippen molar-refractivity contribution >= 4 is 5.97 Å². The second kappa shape index (κ2) is 6.66. The van der Waals surface area contributed by atoms with Gasteiger partial charge in [0.15, 0.2) is 0 Å². The molecule has 1 saturated carbocycles. The van der Waals surface area contributed by atoms with Gasteiger partial charge >= 0.3 is 5.97 Å². The summed E-state index contributed by atoms with van der Waals surface area (Å²) in [7, 11) is 0. The Morgan fingerprint density at radius 3 is 2.44 bits per heavy atom. The minimum Gasteiger partial charge on any atom is -0.478 e. The van der Waals surface area contributed by atoms with Crippen molar-refractivity contribution in [2.75, 3.05) is 19.7 Å². The number of aliphatic hydroxyl groups is 1. The Morgan fingerprint density at radius 1 is 1.31 bits per heavy atom. The summed E-state index contributed by atoms with van der Waals surface area (Å²) in [5.41, 5.74) is 0.207. The van der Waals surface area contributed by atoms with Gasteiger partial charge in [-0.3, -0.25) is 4.90 Å². The highest BCUT2D eigenvalue weighted by Crippen LogP contribution is 2.22. The largest absolute Gasteiger partial charge is 0.478 e. The van der Waals surface area contributed by atoms with E-state index in [1.54, 1.807) is 0 Å². The number of carboxylic acids is 1. The molecule has 0 spiro atoms. The Kier molecular flexibility index (Phi) is 5.49. The molecule has 0 amide bonds. The van der Waals surface area contributed by atoms with Gasteiger partial charge in [0.25, 0.3) is 0 Å². The molecule has 0 bridgehead atoms. The molecular weight excluding hydrogens is 206 g/mol. The topological polar surface area (TPSA) is 60.8 Å². The number of carbonyl (C=O) groups is 1. The van der Waals surface area contributed by atoms with Crippen LogP contribution >= 0.6 is 0 Å². The lowest BCUT2D eigenvalue weighted by molar-refractivity contribution is -0.133. The maximum Gasteiger partial charge on any atom is 0.332 e. The zero-order valence-electron chi connectivity index (χ0n) is 9.69. The molecule has 2 N–H and O–H groups in total. The Morgan fingerprint density at radius 2 is 1.94 bits per heavy atom. The Balaban J connectivity index is 2.51. The van der Waals surface area contributed by atoms with E-state index < -0.39 is 5.97 Å². The Labute approximate surface area is 96.6 Å². The SMILES string of the molecule is C=C(CN(CCO)C1CCCCC1)C(=O)O. The zero-order chi connectivity index (χ0) is 12.0. The van der Waals surface area contributed by atoms with Gasteiger partial charge in [0.1, 0.15) is 0 Å². The first-order chi connectivity index (χ1) is 7.65. The molecule has 92 valence electrons. The van der Waals surface area contributed by atoms with E-state index in [1.807, 2.05) is 0 Å². The van der Waals surface area contributed by atoms with E-state index in [2.05, 4.69) is 11.5 Å². The molecule has 0 aliphatic heterocycles. The number of aliphatic hydroxyl groups excluding tert-OH is 1. The number of nitrogens with zero attached hydrogens (tertiary/aromatic N) is 1. The molecule has 0 aromatic rings. The van der Waals surface area contributed by atoms with E-state index in [1.165, 1.54) is 19.3 Å². The van der Waals surface area contributed by atoms with Crippen LogP contribution in [-0.4, -0.2) is 46.8 Å². The third-order valence-electron chi connectivity index (χ3n) is 3.17. The molecule has 16 heavy (non-hydrogen) atoms. The van der Waals surface area contributed by atoms with Gasteiger partial charge in [-0.2, -0.15) is 0 Å². The van der Waals surface area contributed by atoms with Gasteiger partial charge in [0, 0.05) is 24.7 Å². The van der Waals surface area contributed by atoms with E-state index >= 15 is 0 Å². The molecule has 4 nitrogen and oxygen atoms in total. The van der Waals surface area contributed by atoms with Gasteiger partial charge in [0.05, 0.1) is 6.61 Å². The van der Waals surface area contributed by atoms with Crippen LogP contribution in [0.1, 0.15) is 32.1 Å². The number of hydrogen-bond acceptors (Lipinski definition) is 3. The minimum atomic E-state index is -0.946. The molecular formula is C12H21NO3. The van der Waals surface area contributed by atoms with Crippen LogP contribution < -0.4 is 0 Å². The second-order valence-electron chi connectivity index (χ2n) is 4.39. The van der Waals surface area contributed by atoms with Crippen LogP contribution in [0.2, 0.25) is 0 Å². The van der Waals surface area contributed by atoms with Gasteiger partial charge in [-0.15, -0.1) is 0 Å². The lowest BCUT2D eigenvalue weighted by atomic mass is 9.94. The number of hydrogen-bond donors (Lipinski definition) is 2. The molecule has 1 aliphatic rings. The molecule has 0 atom stereocenters. The quantitative estimate of drug-likeness (QED) is 0.670. The van der Waals surface area contributed by atoms with E-state index in [4.69, 9.17) is 10.2 Å². The van der Waals surface area contributed by atoms with Crippen molar-refractivity contribution < 1.29 is 15.0 Å². The predicted molar refractivity (Wildman–Crippen MR) is 62.3 cm³/mol. The molecule has 0 aromatic heterocycles. The van der Waals surface area contributed by atoms with Crippen LogP contribution in [0.15, 0.2) is 12.2 Å². The van der Waals surface area contributed by atoms with Crippen LogP contribution in [0.3, 0.4) is 0 Å². The number of rotatable bonds is 6. The summed E-state index contributed by atoms with van der Waals surface area (Å²) in [6, 6.07) is 0.414. The molecule has 1 fully saturated rings. The first-order valence-electron chi connectivity index (χ1n) is 5.91. The lowest BCUT2D eigenvalue weighted by Gasteiger charge is -2.33. The number of carboxylic acid groups (broad SMARTS) is 1. The monoisotopic (exact) mass is 227 g/mol. The lowest BCUT2D eigenvalue weighted by Crippen LogP contribution is -2.40. The normalized spacial score (nSPS) is 17.6. The first kappa shape index (κ1) is 13.2. The summed E-state index contributed by atoms with van der Waals surface area (Å²) < 4.78 is 0. The molecule has 0 heterocycles. The van der Waals surface area contributed by atoms with Gasteiger partial charge in [-0.25, -0.2) is 4.79 Å². The van der Waals surface area contributed by atoms with E-state index in [0.717, 1.165) is 12.8 Å². The highest BCUT2D eigenvalue weighted by molar-refractivity contribution is 5.86. The van der Waals surface area contributed by atoms with E-state index in [-0.39, 0.29) is 12.2 Å². The minimum absolute atomic E-state index is 0.0728. The van der Waals surface area contributed by atoms with Crippen LogP contribution in [0, 0.1) is 0 Å². The molecule has 0 radical (unpaired) electrons. The predicted octanol–water partition coefficient (Wildman–Crippen LogP) is 1.25. The average Bonchev–Trinajstić information content (AvgIpc) is 2.29. The Hall–Kier alpha value is -0.870. The fourth-order valence-corrected chi connectivity index (χ4v) is 2.28. The van der Waals surface area contributed by atoms with Crippen molar-refractivity contribution in [1.29, 1.82) is 0 Å². The second-order valence-corrected chi connectivity index (χ2v) is 4.39. The fourth-order valence-electron chi connectivity index (χ4n) is 2.28. The third kappa shape index (κ3) is 3.94. The molecule has 0 saturated heterocycles. The van der Waals surface area contributed by atoms with Crippen molar-refractivity contribution in [3.63, 3.8) is 0 Å². The maximum atomic E-state index is 10.7. The van der Waals surface area contributed by atoms with Gasteiger partial charge in [0.2, 0.25) is 0 Å². The van der Waals surface area contributed by atoms with Gasteiger partial charge in [-0.05, 0) is 12.8 Å². The zero-order valence-corrected chi connectivity index (χ0v) is 9.69. The average molecular weight is 227 g/mol. The van der Waals surface area contributed by atoms with Crippen molar-refractivity contribution in [2.45, 2.75) is 38.1 Å². The molecule has 0 aromatic carbocycles. The number of aliphatic carboxylic acids is 1. The van der Waals surface area contributed by atoms with Crippen LogP contribution in [0.25, 0.3) is 0 Å². The summed E-state index contributed by atoms with van der Waals surface area (Å²) in [5.74, 6) is -0.946. The highest BCUT2D eigenvalue weighted by atomic mass is 16.4. The summed E-state index contributed by atoms with van der Waals surface area (Å²) in [4.78, 5) is 12.8.